The zero-order valence-corrected chi connectivity index (χ0v) is 23.2. The second-order valence-corrected chi connectivity index (χ2v) is 9.84. The molecule has 3 aromatic carbocycles. The van der Waals surface area contributed by atoms with Crippen LogP contribution in [0.2, 0.25) is 0 Å². The van der Waals surface area contributed by atoms with Crippen molar-refractivity contribution in [1.29, 1.82) is 0 Å². The van der Waals surface area contributed by atoms with Crippen LogP contribution in [-0.2, 0) is 19.5 Å². The Morgan fingerprint density at radius 2 is 1.80 bits per heavy atom. The second-order valence-electron chi connectivity index (χ2n) is 9.84. The molecule has 4 aromatic rings. The Bertz CT molecular complexity index is 1550. The summed E-state index contributed by atoms with van der Waals surface area (Å²) in [4.78, 5) is 15.8. The lowest BCUT2D eigenvalue weighted by molar-refractivity contribution is 0.223. The van der Waals surface area contributed by atoms with Crippen molar-refractivity contribution in [1.82, 2.24) is 4.90 Å². The van der Waals surface area contributed by atoms with Gasteiger partial charge in [0.05, 0.1) is 39.8 Å². The Morgan fingerprint density at radius 3 is 2.50 bits per heavy atom. The Morgan fingerprint density at radius 1 is 1.00 bits per heavy atom. The van der Waals surface area contributed by atoms with Gasteiger partial charge in [-0.15, -0.1) is 0 Å². The van der Waals surface area contributed by atoms with Crippen LogP contribution < -0.4 is 25.0 Å². The number of phenols is 1. The number of methoxy groups -OCH3 is 3. The summed E-state index contributed by atoms with van der Waals surface area (Å²) in [7, 11) is 6.83. The fraction of sp³-hybridized carbons (Fsp3) is 0.281. The number of benzene rings is 2. The van der Waals surface area contributed by atoms with Crippen LogP contribution in [0.25, 0.3) is 11.1 Å². The molecule has 2 N–H and O–H groups in total. The molecule has 1 aliphatic carbocycles. The predicted octanol–water partition coefficient (Wildman–Crippen LogP) is 5.77. The molecule has 5 rings (SSSR count). The molecule has 0 saturated carbocycles. The van der Waals surface area contributed by atoms with Crippen LogP contribution in [0.1, 0.15) is 34.9 Å². The molecule has 0 bridgehead atoms. The summed E-state index contributed by atoms with van der Waals surface area (Å²) in [5.74, 6) is 2.63. The summed E-state index contributed by atoms with van der Waals surface area (Å²) in [6.07, 6.45) is 3.07. The average Bonchev–Trinajstić information content (AvgIpc) is 3.37. The molecule has 0 radical (unpaired) electrons. The molecule has 8 nitrogen and oxygen atoms in total. The largest absolute Gasteiger partial charge is 0.508 e. The Balaban J connectivity index is 1.67. The van der Waals surface area contributed by atoms with Crippen LogP contribution in [0.4, 0.5) is 5.69 Å². The van der Waals surface area contributed by atoms with Gasteiger partial charge in [0.15, 0.2) is 11.5 Å². The molecule has 0 amide bonds. The van der Waals surface area contributed by atoms with Crippen LogP contribution in [0.5, 0.6) is 23.0 Å². The second kappa shape index (κ2) is 11.8. The van der Waals surface area contributed by atoms with E-state index >= 15 is 0 Å². The van der Waals surface area contributed by atoms with E-state index in [-0.39, 0.29) is 17.2 Å². The number of ether oxygens (including phenoxy) is 3. The van der Waals surface area contributed by atoms with Gasteiger partial charge in [-0.2, -0.15) is 0 Å². The summed E-state index contributed by atoms with van der Waals surface area (Å²) in [5, 5.41) is 13.7. The summed E-state index contributed by atoms with van der Waals surface area (Å²) < 4.78 is 22.7. The quantitative estimate of drug-likeness (QED) is 0.275. The summed E-state index contributed by atoms with van der Waals surface area (Å²) in [5.41, 5.74) is 4.82. The number of aromatic hydroxyl groups is 1. The molecule has 8 heteroatoms. The number of fused-ring (bicyclic) bond motifs is 3. The van der Waals surface area contributed by atoms with E-state index < -0.39 is 0 Å². The highest BCUT2D eigenvalue weighted by molar-refractivity contribution is 5.83. The molecule has 1 atom stereocenters. The number of rotatable bonds is 9. The highest BCUT2D eigenvalue weighted by atomic mass is 16.5. The number of hydrogen-bond donors (Lipinski definition) is 2. The molecule has 40 heavy (non-hydrogen) atoms. The van der Waals surface area contributed by atoms with Crippen LogP contribution in [-0.4, -0.2) is 38.4 Å². The monoisotopic (exact) mass is 542 g/mol. The van der Waals surface area contributed by atoms with Crippen molar-refractivity contribution in [3.63, 3.8) is 0 Å². The van der Waals surface area contributed by atoms with Crippen molar-refractivity contribution in [2.75, 3.05) is 33.7 Å². The summed E-state index contributed by atoms with van der Waals surface area (Å²) in [6, 6.07) is 18.4. The van der Waals surface area contributed by atoms with E-state index in [0.29, 0.717) is 36.0 Å². The molecule has 1 heterocycles. The molecule has 208 valence electrons. The number of anilines is 1. The van der Waals surface area contributed by atoms with Crippen LogP contribution in [0, 0.1) is 0 Å². The lowest BCUT2D eigenvalue weighted by Crippen LogP contribution is -2.25. The average molecular weight is 543 g/mol. The summed E-state index contributed by atoms with van der Waals surface area (Å²) >= 11 is 0. The van der Waals surface area contributed by atoms with Crippen molar-refractivity contribution in [3.8, 4) is 34.1 Å². The molecule has 0 aliphatic heterocycles. The normalized spacial score (nSPS) is 14.2. The third kappa shape index (κ3) is 5.22. The zero-order valence-electron chi connectivity index (χ0n) is 23.2. The minimum absolute atomic E-state index is 0.123. The molecule has 1 aliphatic rings. The number of para-hydroxylation sites is 1. The number of aryl methyl sites for hydroxylation is 1. The van der Waals surface area contributed by atoms with Gasteiger partial charge >= 0.3 is 0 Å². The third-order valence-corrected chi connectivity index (χ3v) is 7.48. The van der Waals surface area contributed by atoms with Crippen molar-refractivity contribution in [2.24, 2.45) is 0 Å². The first-order valence-electron chi connectivity index (χ1n) is 13.2. The van der Waals surface area contributed by atoms with Gasteiger partial charge in [0.1, 0.15) is 11.5 Å². The lowest BCUT2D eigenvalue weighted by atomic mass is 9.95. The number of nitrogens with one attached hydrogen (secondary N) is 1. The standard InChI is InChI=1S/C32H34N2O6/c1-34(19-21-8-5-6-10-27(21)35)26-14-11-20-16-29(37-2)31(38-3)32(39-4)30(20)23-12-13-25(28(36)17-24(23)26)33-18-22-9-7-15-40-22/h5-10,12-13,15-17,26,35H,11,14,18-19H2,1-4H3,(H,33,36). The van der Waals surface area contributed by atoms with E-state index in [9.17, 15) is 9.90 Å². The number of hydrogen-bond acceptors (Lipinski definition) is 8. The SMILES string of the molecule is COc1cc2c(c(OC)c1OC)-c1ccc(NCc3ccco3)c(=O)cc1C(N(C)Cc1ccccc1O)CC2. The van der Waals surface area contributed by atoms with Crippen molar-refractivity contribution < 1.29 is 23.7 Å². The topological polar surface area (TPSA) is 93.4 Å². The first-order valence-corrected chi connectivity index (χ1v) is 13.2. The third-order valence-electron chi connectivity index (χ3n) is 7.48. The fourth-order valence-corrected chi connectivity index (χ4v) is 5.51. The minimum atomic E-state index is -0.128. The lowest BCUT2D eigenvalue weighted by Gasteiger charge is -2.28. The number of furan rings is 1. The maximum absolute atomic E-state index is 13.6. The van der Waals surface area contributed by atoms with Gasteiger partial charge in [-0.05, 0) is 73.0 Å². The smallest absolute Gasteiger partial charge is 0.203 e. The van der Waals surface area contributed by atoms with E-state index in [2.05, 4.69) is 10.2 Å². The first-order chi connectivity index (χ1) is 19.4. The van der Waals surface area contributed by atoms with E-state index in [4.69, 9.17) is 18.6 Å². The molecular weight excluding hydrogens is 508 g/mol. The Hall–Kier alpha value is -4.43. The van der Waals surface area contributed by atoms with E-state index in [1.807, 2.05) is 55.6 Å². The van der Waals surface area contributed by atoms with Gasteiger partial charge in [-0.3, -0.25) is 9.69 Å². The van der Waals surface area contributed by atoms with Gasteiger partial charge in [0.25, 0.3) is 0 Å². The van der Waals surface area contributed by atoms with Gasteiger partial charge in [-0.1, -0.05) is 24.3 Å². The van der Waals surface area contributed by atoms with E-state index in [1.54, 1.807) is 39.7 Å². The van der Waals surface area contributed by atoms with Crippen LogP contribution in [0.15, 0.2) is 76.1 Å². The zero-order chi connectivity index (χ0) is 28.2. The van der Waals surface area contributed by atoms with Gasteiger partial charge in [0, 0.05) is 23.7 Å². The molecule has 0 saturated heterocycles. The maximum Gasteiger partial charge on any atom is 0.203 e. The van der Waals surface area contributed by atoms with E-state index in [1.165, 1.54) is 0 Å². The van der Waals surface area contributed by atoms with Gasteiger partial charge < -0.3 is 29.1 Å². The Kier molecular flexibility index (Phi) is 7.98. The van der Waals surface area contributed by atoms with Gasteiger partial charge in [-0.25, -0.2) is 0 Å². The van der Waals surface area contributed by atoms with Crippen molar-refractivity contribution in [2.45, 2.75) is 32.0 Å². The highest BCUT2D eigenvalue weighted by Gasteiger charge is 2.31. The molecule has 1 unspecified atom stereocenters. The molecule has 1 aromatic heterocycles. The van der Waals surface area contributed by atoms with Crippen molar-refractivity contribution >= 4 is 5.69 Å². The molecular formula is C32H34N2O6. The fourth-order valence-electron chi connectivity index (χ4n) is 5.51. The highest BCUT2D eigenvalue weighted by Crippen LogP contribution is 2.51. The Labute approximate surface area is 233 Å². The predicted molar refractivity (Wildman–Crippen MR) is 154 cm³/mol. The van der Waals surface area contributed by atoms with Crippen LogP contribution >= 0.6 is 0 Å². The van der Waals surface area contributed by atoms with Gasteiger partial charge in [0.2, 0.25) is 11.2 Å². The minimum Gasteiger partial charge on any atom is -0.508 e. The first kappa shape index (κ1) is 27.1. The number of phenolic OH excluding ortho intramolecular Hbond substituents is 1. The maximum atomic E-state index is 13.6. The van der Waals surface area contributed by atoms with Crippen LogP contribution in [0.3, 0.4) is 0 Å². The van der Waals surface area contributed by atoms with Crippen molar-refractivity contribution in [3.05, 3.63) is 99.6 Å². The number of nitrogens with zero attached hydrogens (tertiary/aromatic N) is 1. The van der Waals surface area contributed by atoms with E-state index in [0.717, 1.165) is 46.4 Å². The summed E-state index contributed by atoms with van der Waals surface area (Å²) in [6.45, 7) is 0.895. The molecule has 0 spiro atoms. The molecule has 0 fully saturated rings.